The highest BCUT2D eigenvalue weighted by atomic mass is 16.5. The monoisotopic (exact) mass is 223 g/mol. The van der Waals surface area contributed by atoms with Gasteiger partial charge in [0.1, 0.15) is 5.75 Å². The van der Waals surface area contributed by atoms with Gasteiger partial charge in [-0.1, -0.05) is 13.0 Å². The van der Waals surface area contributed by atoms with Crippen LogP contribution in [0.2, 0.25) is 0 Å². The zero-order valence-electron chi connectivity index (χ0n) is 8.84. The Morgan fingerprint density at radius 1 is 1.50 bits per heavy atom. The van der Waals surface area contributed by atoms with Gasteiger partial charge in [-0.2, -0.15) is 0 Å². The number of benzene rings is 1. The van der Waals surface area contributed by atoms with E-state index in [0.717, 1.165) is 0 Å². The van der Waals surface area contributed by atoms with Crippen LogP contribution in [0.4, 0.5) is 0 Å². The van der Waals surface area contributed by atoms with Crippen LogP contribution in [0.3, 0.4) is 0 Å². The van der Waals surface area contributed by atoms with Crippen LogP contribution in [-0.4, -0.2) is 23.1 Å². The highest BCUT2D eigenvalue weighted by Gasteiger charge is 2.16. The molecular formula is C11H13NO4. The standard InChI is InChI=1S/C11H13NO4/c1-2-9(11(14)15)16-8-5-3-4-7(6-8)10(12)13/h3-6,9H,2H2,1H3,(H2,12,13)(H,14,15). The Kier molecular flexibility index (Phi) is 3.88. The first-order chi connectivity index (χ1) is 7.54. The molecular weight excluding hydrogens is 210 g/mol. The molecule has 0 saturated heterocycles. The number of carboxylic acid groups (broad SMARTS) is 1. The van der Waals surface area contributed by atoms with Crippen molar-refractivity contribution in [3.05, 3.63) is 29.8 Å². The minimum absolute atomic E-state index is 0.290. The summed E-state index contributed by atoms with van der Waals surface area (Å²) in [4.78, 5) is 21.6. The molecule has 86 valence electrons. The lowest BCUT2D eigenvalue weighted by atomic mass is 10.2. The van der Waals surface area contributed by atoms with Gasteiger partial charge in [-0.3, -0.25) is 4.79 Å². The number of carbonyl (C=O) groups is 2. The van der Waals surface area contributed by atoms with Gasteiger partial charge in [0.2, 0.25) is 5.91 Å². The molecule has 0 aromatic heterocycles. The van der Waals surface area contributed by atoms with Crippen molar-refractivity contribution >= 4 is 11.9 Å². The second-order valence-electron chi connectivity index (χ2n) is 3.25. The summed E-state index contributed by atoms with van der Waals surface area (Å²) in [6.07, 6.45) is -0.570. The van der Waals surface area contributed by atoms with E-state index in [-0.39, 0.29) is 5.56 Å². The summed E-state index contributed by atoms with van der Waals surface area (Å²) >= 11 is 0. The predicted molar refractivity (Wildman–Crippen MR) is 57.3 cm³/mol. The smallest absolute Gasteiger partial charge is 0.344 e. The van der Waals surface area contributed by atoms with E-state index in [1.807, 2.05) is 0 Å². The Hall–Kier alpha value is -2.04. The number of amides is 1. The highest BCUT2D eigenvalue weighted by Crippen LogP contribution is 2.15. The SMILES string of the molecule is CCC(Oc1cccc(C(N)=O)c1)C(=O)O. The summed E-state index contributed by atoms with van der Waals surface area (Å²) < 4.78 is 5.21. The van der Waals surface area contributed by atoms with Crippen molar-refractivity contribution in [2.24, 2.45) is 5.73 Å². The number of nitrogens with two attached hydrogens (primary N) is 1. The zero-order valence-corrected chi connectivity index (χ0v) is 8.84. The molecule has 0 saturated carbocycles. The molecule has 1 atom stereocenters. The number of aliphatic carboxylic acids is 1. The third-order valence-corrected chi connectivity index (χ3v) is 2.04. The number of hydrogen-bond acceptors (Lipinski definition) is 3. The van der Waals surface area contributed by atoms with E-state index in [1.165, 1.54) is 12.1 Å². The first-order valence-electron chi connectivity index (χ1n) is 4.84. The van der Waals surface area contributed by atoms with E-state index in [1.54, 1.807) is 19.1 Å². The second-order valence-corrected chi connectivity index (χ2v) is 3.25. The van der Waals surface area contributed by atoms with Gasteiger partial charge in [0.25, 0.3) is 0 Å². The van der Waals surface area contributed by atoms with Gasteiger partial charge < -0.3 is 15.6 Å². The fraction of sp³-hybridized carbons (Fsp3) is 0.273. The third-order valence-electron chi connectivity index (χ3n) is 2.04. The minimum Gasteiger partial charge on any atom is -0.479 e. The Labute approximate surface area is 92.8 Å². The maximum atomic E-state index is 10.9. The van der Waals surface area contributed by atoms with Gasteiger partial charge in [0.05, 0.1) is 0 Å². The summed E-state index contributed by atoms with van der Waals surface area (Å²) in [6, 6.07) is 6.13. The van der Waals surface area contributed by atoms with Crippen LogP contribution in [0.5, 0.6) is 5.75 Å². The van der Waals surface area contributed by atoms with Crippen LogP contribution in [0, 0.1) is 0 Å². The molecule has 1 aromatic carbocycles. The lowest BCUT2D eigenvalue weighted by molar-refractivity contribution is -0.145. The Balaban J connectivity index is 2.84. The minimum atomic E-state index is -1.04. The van der Waals surface area contributed by atoms with Crippen LogP contribution in [0.15, 0.2) is 24.3 Å². The van der Waals surface area contributed by atoms with Crippen LogP contribution >= 0.6 is 0 Å². The number of hydrogen-bond donors (Lipinski definition) is 2. The molecule has 16 heavy (non-hydrogen) atoms. The van der Waals surface area contributed by atoms with Gasteiger partial charge in [-0.25, -0.2) is 4.79 Å². The van der Waals surface area contributed by atoms with Crippen molar-refractivity contribution < 1.29 is 19.4 Å². The largest absolute Gasteiger partial charge is 0.479 e. The fourth-order valence-corrected chi connectivity index (χ4v) is 1.20. The summed E-state index contributed by atoms with van der Waals surface area (Å²) in [5.74, 6) is -1.29. The summed E-state index contributed by atoms with van der Waals surface area (Å²) in [7, 11) is 0. The molecule has 1 aromatic rings. The van der Waals surface area contributed by atoms with E-state index in [2.05, 4.69) is 0 Å². The molecule has 5 nitrogen and oxygen atoms in total. The lowest BCUT2D eigenvalue weighted by Crippen LogP contribution is -2.26. The van der Waals surface area contributed by atoms with Crippen LogP contribution in [0.25, 0.3) is 0 Å². The maximum absolute atomic E-state index is 10.9. The fourth-order valence-electron chi connectivity index (χ4n) is 1.20. The Morgan fingerprint density at radius 3 is 2.69 bits per heavy atom. The third kappa shape index (κ3) is 2.98. The first kappa shape index (κ1) is 12.0. The van der Waals surface area contributed by atoms with E-state index >= 15 is 0 Å². The molecule has 0 radical (unpaired) electrons. The topological polar surface area (TPSA) is 89.6 Å². The van der Waals surface area contributed by atoms with Gasteiger partial charge in [-0.15, -0.1) is 0 Å². The molecule has 5 heteroatoms. The average Bonchev–Trinajstić information content (AvgIpc) is 2.25. The van der Waals surface area contributed by atoms with Crippen molar-refractivity contribution in [1.29, 1.82) is 0 Å². The maximum Gasteiger partial charge on any atom is 0.344 e. The normalized spacial score (nSPS) is 11.8. The number of ether oxygens (including phenoxy) is 1. The van der Waals surface area contributed by atoms with Crippen molar-refractivity contribution in [1.82, 2.24) is 0 Å². The van der Waals surface area contributed by atoms with E-state index in [4.69, 9.17) is 15.6 Å². The highest BCUT2D eigenvalue weighted by molar-refractivity contribution is 5.93. The first-order valence-corrected chi connectivity index (χ1v) is 4.84. The molecule has 0 aliphatic rings. The number of carboxylic acids is 1. The average molecular weight is 223 g/mol. The predicted octanol–water partition coefficient (Wildman–Crippen LogP) is 1.03. The Morgan fingerprint density at radius 2 is 2.19 bits per heavy atom. The van der Waals surface area contributed by atoms with E-state index < -0.39 is 18.0 Å². The van der Waals surface area contributed by atoms with Crippen molar-refractivity contribution in [2.45, 2.75) is 19.4 Å². The zero-order chi connectivity index (χ0) is 12.1. The van der Waals surface area contributed by atoms with E-state index in [0.29, 0.717) is 12.2 Å². The van der Waals surface area contributed by atoms with Crippen LogP contribution in [0.1, 0.15) is 23.7 Å². The molecule has 0 aliphatic heterocycles. The number of carbonyl (C=O) groups excluding carboxylic acids is 1. The molecule has 0 fully saturated rings. The van der Waals surface area contributed by atoms with Crippen LogP contribution < -0.4 is 10.5 Å². The molecule has 0 bridgehead atoms. The molecule has 0 heterocycles. The van der Waals surface area contributed by atoms with Gasteiger partial charge >= 0.3 is 5.97 Å². The van der Waals surface area contributed by atoms with Crippen molar-refractivity contribution in [3.63, 3.8) is 0 Å². The second kappa shape index (κ2) is 5.16. The Bertz CT molecular complexity index is 403. The molecule has 0 spiro atoms. The van der Waals surface area contributed by atoms with Gasteiger partial charge in [0.15, 0.2) is 6.10 Å². The summed E-state index contributed by atoms with van der Waals surface area (Å²) in [5.41, 5.74) is 5.38. The molecule has 1 amide bonds. The number of primary amides is 1. The van der Waals surface area contributed by atoms with E-state index in [9.17, 15) is 9.59 Å². The quantitative estimate of drug-likeness (QED) is 0.780. The molecule has 3 N–H and O–H groups in total. The summed E-state index contributed by atoms with van der Waals surface area (Å²) in [6.45, 7) is 1.71. The molecule has 0 aliphatic carbocycles. The van der Waals surface area contributed by atoms with Crippen LogP contribution in [-0.2, 0) is 4.79 Å². The van der Waals surface area contributed by atoms with Crippen molar-refractivity contribution in [2.75, 3.05) is 0 Å². The lowest BCUT2D eigenvalue weighted by Gasteiger charge is -2.13. The van der Waals surface area contributed by atoms with Crippen molar-refractivity contribution in [3.8, 4) is 5.75 Å². The van der Waals surface area contributed by atoms with Gasteiger partial charge in [-0.05, 0) is 24.6 Å². The molecule has 1 rings (SSSR count). The number of rotatable bonds is 5. The molecule has 1 unspecified atom stereocenters. The summed E-state index contributed by atoms with van der Waals surface area (Å²) in [5, 5.41) is 8.80. The van der Waals surface area contributed by atoms with Gasteiger partial charge in [0, 0.05) is 5.56 Å².